The number of sulfone groups is 1. The summed E-state index contributed by atoms with van der Waals surface area (Å²) in [6, 6.07) is 1.78. The SMILES string of the molecule is Cc1occc1C(N)C1CCCC(S(C)(=O)=O)C1. The summed E-state index contributed by atoms with van der Waals surface area (Å²) >= 11 is 0. The monoisotopic (exact) mass is 271 g/mol. The first kappa shape index (κ1) is 13.6. The van der Waals surface area contributed by atoms with Crippen molar-refractivity contribution in [2.45, 2.75) is 43.9 Å². The van der Waals surface area contributed by atoms with Crippen molar-refractivity contribution in [3.63, 3.8) is 0 Å². The molecule has 0 aliphatic heterocycles. The summed E-state index contributed by atoms with van der Waals surface area (Å²) < 4.78 is 28.6. The van der Waals surface area contributed by atoms with E-state index in [9.17, 15) is 8.42 Å². The van der Waals surface area contributed by atoms with Gasteiger partial charge in [0.2, 0.25) is 0 Å². The zero-order valence-corrected chi connectivity index (χ0v) is 11.7. The highest BCUT2D eigenvalue weighted by Crippen LogP contribution is 2.36. The van der Waals surface area contributed by atoms with E-state index in [1.807, 2.05) is 13.0 Å². The molecule has 0 bridgehead atoms. The Morgan fingerprint density at radius 1 is 1.44 bits per heavy atom. The number of furan rings is 1. The van der Waals surface area contributed by atoms with Gasteiger partial charge in [0.15, 0.2) is 0 Å². The number of hydrogen-bond acceptors (Lipinski definition) is 4. The second-order valence-corrected chi connectivity index (χ2v) is 7.66. The molecule has 0 spiro atoms. The molecule has 1 saturated carbocycles. The van der Waals surface area contributed by atoms with Crippen molar-refractivity contribution >= 4 is 9.84 Å². The fourth-order valence-corrected chi connectivity index (χ4v) is 4.08. The van der Waals surface area contributed by atoms with Gasteiger partial charge in [-0.1, -0.05) is 6.42 Å². The van der Waals surface area contributed by atoms with Gasteiger partial charge in [0.25, 0.3) is 0 Å². The summed E-state index contributed by atoms with van der Waals surface area (Å²) in [7, 11) is -2.95. The zero-order chi connectivity index (χ0) is 13.3. The fraction of sp³-hybridized carbons (Fsp3) is 0.692. The average molecular weight is 271 g/mol. The minimum absolute atomic E-state index is 0.117. The predicted molar refractivity (Wildman–Crippen MR) is 71.0 cm³/mol. The van der Waals surface area contributed by atoms with Gasteiger partial charge in [-0.05, 0) is 38.2 Å². The first-order valence-corrected chi connectivity index (χ1v) is 8.33. The molecule has 1 aliphatic rings. The van der Waals surface area contributed by atoms with Crippen LogP contribution in [-0.2, 0) is 9.84 Å². The summed E-state index contributed by atoms with van der Waals surface area (Å²) in [5.41, 5.74) is 7.27. The van der Waals surface area contributed by atoms with Gasteiger partial charge < -0.3 is 10.2 Å². The third-order valence-corrected chi connectivity index (χ3v) is 5.68. The summed E-state index contributed by atoms with van der Waals surface area (Å²) in [4.78, 5) is 0. The number of nitrogens with two attached hydrogens (primary N) is 1. The smallest absolute Gasteiger partial charge is 0.150 e. The second-order valence-electron chi connectivity index (χ2n) is 5.34. The summed E-state index contributed by atoms with van der Waals surface area (Å²) in [5.74, 6) is 1.07. The van der Waals surface area contributed by atoms with Gasteiger partial charge in [0, 0.05) is 17.9 Å². The molecule has 0 amide bonds. The van der Waals surface area contributed by atoms with Crippen molar-refractivity contribution < 1.29 is 12.8 Å². The standard InChI is InChI=1S/C13H21NO3S/c1-9-12(6-7-17-9)13(14)10-4-3-5-11(8-10)18(2,15)16/h6-7,10-11,13H,3-5,8,14H2,1-2H3. The minimum Gasteiger partial charge on any atom is -0.469 e. The molecule has 1 heterocycles. The maximum atomic E-state index is 11.6. The predicted octanol–water partition coefficient (Wildman–Crippen LogP) is 2.19. The van der Waals surface area contributed by atoms with Crippen LogP contribution in [-0.4, -0.2) is 19.9 Å². The zero-order valence-electron chi connectivity index (χ0n) is 10.9. The lowest BCUT2D eigenvalue weighted by molar-refractivity contribution is 0.306. The van der Waals surface area contributed by atoms with E-state index >= 15 is 0 Å². The van der Waals surface area contributed by atoms with Gasteiger partial charge in [0.1, 0.15) is 15.6 Å². The van der Waals surface area contributed by atoms with Crippen LogP contribution in [0.15, 0.2) is 16.7 Å². The van der Waals surface area contributed by atoms with Crippen LogP contribution in [0.25, 0.3) is 0 Å². The second kappa shape index (κ2) is 5.05. The molecular formula is C13H21NO3S. The molecule has 18 heavy (non-hydrogen) atoms. The maximum Gasteiger partial charge on any atom is 0.150 e. The van der Waals surface area contributed by atoms with Crippen LogP contribution in [0.4, 0.5) is 0 Å². The van der Waals surface area contributed by atoms with Gasteiger partial charge in [-0.2, -0.15) is 0 Å². The molecule has 3 atom stereocenters. The highest BCUT2D eigenvalue weighted by atomic mass is 32.2. The van der Waals surface area contributed by atoms with E-state index in [1.54, 1.807) is 6.26 Å². The Hall–Kier alpha value is -0.810. The molecule has 102 valence electrons. The minimum atomic E-state index is -2.95. The lowest BCUT2D eigenvalue weighted by Crippen LogP contribution is -2.33. The Bertz CT molecular complexity index is 506. The molecule has 2 rings (SSSR count). The Labute approximate surface area is 108 Å². The molecule has 1 aliphatic carbocycles. The van der Waals surface area contributed by atoms with E-state index < -0.39 is 9.84 Å². The van der Waals surface area contributed by atoms with Crippen molar-refractivity contribution in [1.82, 2.24) is 0 Å². The molecule has 1 aromatic heterocycles. The molecule has 0 saturated heterocycles. The highest BCUT2D eigenvalue weighted by Gasteiger charge is 2.33. The van der Waals surface area contributed by atoms with Gasteiger partial charge in [-0.3, -0.25) is 0 Å². The summed E-state index contributed by atoms with van der Waals surface area (Å²) in [6.07, 6.45) is 6.35. The van der Waals surface area contributed by atoms with Crippen LogP contribution < -0.4 is 5.73 Å². The van der Waals surface area contributed by atoms with E-state index in [-0.39, 0.29) is 17.2 Å². The van der Waals surface area contributed by atoms with Crippen LogP contribution in [0.3, 0.4) is 0 Å². The number of aryl methyl sites for hydroxylation is 1. The Morgan fingerprint density at radius 3 is 2.72 bits per heavy atom. The average Bonchev–Trinajstić information content (AvgIpc) is 2.73. The van der Waals surface area contributed by atoms with E-state index in [0.717, 1.165) is 30.6 Å². The first-order valence-electron chi connectivity index (χ1n) is 6.38. The highest BCUT2D eigenvalue weighted by molar-refractivity contribution is 7.91. The maximum absolute atomic E-state index is 11.6. The van der Waals surface area contributed by atoms with Crippen LogP contribution >= 0.6 is 0 Å². The quantitative estimate of drug-likeness (QED) is 0.914. The summed E-state index contributed by atoms with van der Waals surface area (Å²) in [5, 5.41) is -0.227. The summed E-state index contributed by atoms with van der Waals surface area (Å²) in [6.45, 7) is 1.89. The van der Waals surface area contributed by atoms with E-state index in [1.165, 1.54) is 6.26 Å². The molecule has 0 radical (unpaired) electrons. The van der Waals surface area contributed by atoms with Gasteiger partial charge >= 0.3 is 0 Å². The van der Waals surface area contributed by atoms with Crippen molar-refractivity contribution in [2.24, 2.45) is 11.7 Å². The van der Waals surface area contributed by atoms with Crippen molar-refractivity contribution in [3.8, 4) is 0 Å². The molecule has 1 fully saturated rings. The van der Waals surface area contributed by atoms with Crippen molar-refractivity contribution in [1.29, 1.82) is 0 Å². The number of hydrogen-bond donors (Lipinski definition) is 1. The van der Waals surface area contributed by atoms with Crippen LogP contribution in [0.2, 0.25) is 0 Å². The fourth-order valence-electron chi connectivity index (χ4n) is 2.89. The first-order chi connectivity index (χ1) is 8.39. The third-order valence-electron chi connectivity index (χ3n) is 4.04. The Balaban J connectivity index is 2.12. The van der Waals surface area contributed by atoms with Crippen molar-refractivity contribution in [3.05, 3.63) is 23.7 Å². The molecule has 3 unspecified atom stereocenters. The van der Waals surface area contributed by atoms with Gasteiger partial charge in [-0.15, -0.1) is 0 Å². The molecule has 5 heteroatoms. The number of rotatable bonds is 3. The van der Waals surface area contributed by atoms with Crippen LogP contribution in [0.5, 0.6) is 0 Å². The lowest BCUT2D eigenvalue weighted by Gasteiger charge is -2.31. The Kier molecular flexibility index (Phi) is 3.82. The molecular weight excluding hydrogens is 250 g/mol. The third kappa shape index (κ3) is 2.78. The van der Waals surface area contributed by atoms with Gasteiger partial charge in [-0.25, -0.2) is 8.42 Å². The van der Waals surface area contributed by atoms with Crippen LogP contribution in [0.1, 0.15) is 43.0 Å². The van der Waals surface area contributed by atoms with Crippen molar-refractivity contribution in [2.75, 3.05) is 6.26 Å². The van der Waals surface area contributed by atoms with E-state index in [4.69, 9.17) is 10.2 Å². The van der Waals surface area contributed by atoms with E-state index in [2.05, 4.69) is 0 Å². The van der Waals surface area contributed by atoms with Gasteiger partial charge in [0.05, 0.1) is 11.5 Å². The topological polar surface area (TPSA) is 73.3 Å². The molecule has 1 aromatic rings. The van der Waals surface area contributed by atoms with Crippen LogP contribution in [0, 0.1) is 12.8 Å². The largest absolute Gasteiger partial charge is 0.469 e. The lowest BCUT2D eigenvalue weighted by atomic mass is 9.81. The normalized spacial score (nSPS) is 27.1. The Morgan fingerprint density at radius 2 is 2.17 bits per heavy atom. The molecule has 4 nitrogen and oxygen atoms in total. The molecule has 2 N–H and O–H groups in total. The molecule has 0 aromatic carbocycles. The van der Waals surface area contributed by atoms with E-state index in [0.29, 0.717) is 6.42 Å².